The number of benzene rings is 1. The van der Waals surface area contributed by atoms with Crippen LogP contribution in [0.1, 0.15) is 83.8 Å². The minimum atomic E-state index is -2.72. The van der Waals surface area contributed by atoms with Gasteiger partial charge in [0.1, 0.15) is 0 Å². The van der Waals surface area contributed by atoms with E-state index in [1.165, 1.54) is 58.9 Å². The molecule has 2 unspecified atom stereocenters. The van der Waals surface area contributed by atoms with Crippen LogP contribution < -0.4 is 0 Å². The Morgan fingerprint density at radius 2 is 1.61 bits per heavy atom. The van der Waals surface area contributed by atoms with E-state index in [0.29, 0.717) is 18.4 Å². The van der Waals surface area contributed by atoms with Crippen molar-refractivity contribution in [1.82, 2.24) is 0 Å². The molecule has 0 bridgehead atoms. The molecule has 0 aliphatic carbocycles. The van der Waals surface area contributed by atoms with Crippen LogP contribution in [0, 0.1) is 5.41 Å². The molecule has 1 fully saturated rings. The van der Waals surface area contributed by atoms with Crippen LogP contribution in [-0.2, 0) is 19.1 Å². The summed E-state index contributed by atoms with van der Waals surface area (Å²) in [6.45, 7) is 10.8. The van der Waals surface area contributed by atoms with Gasteiger partial charge in [0.25, 0.3) is 0 Å². The first-order valence-corrected chi connectivity index (χ1v) is 20.9. The van der Waals surface area contributed by atoms with Crippen molar-refractivity contribution in [1.29, 1.82) is 0 Å². The van der Waals surface area contributed by atoms with Gasteiger partial charge in [-0.3, -0.25) is 0 Å². The van der Waals surface area contributed by atoms with E-state index in [4.69, 9.17) is 9.47 Å². The van der Waals surface area contributed by atoms with E-state index in [1.54, 1.807) is 0 Å². The van der Waals surface area contributed by atoms with Gasteiger partial charge in [-0.2, -0.15) is 0 Å². The third-order valence-corrected chi connectivity index (χ3v) is 23.5. The third-order valence-electron chi connectivity index (χ3n) is 7.35. The van der Waals surface area contributed by atoms with Gasteiger partial charge in [-0.25, -0.2) is 0 Å². The van der Waals surface area contributed by atoms with Crippen LogP contribution >= 0.6 is 0 Å². The fraction of sp³-hybridized carbons (Fsp3) is 0.643. The molecule has 1 aliphatic heterocycles. The summed E-state index contributed by atoms with van der Waals surface area (Å²) in [6.07, 6.45) is 8.04. The van der Waals surface area contributed by atoms with Gasteiger partial charge in [0.2, 0.25) is 0 Å². The number of cyclic esters (lactones) is 1. The average Bonchev–Trinajstić information content (AvgIpc) is 3.15. The summed E-state index contributed by atoms with van der Waals surface area (Å²) in [5.74, 6) is -0.547. The molecule has 0 radical (unpaired) electrons. The number of rotatable bonds is 15. The Labute approximate surface area is 205 Å². The van der Waals surface area contributed by atoms with Crippen LogP contribution in [0.25, 0.3) is 0 Å². The van der Waals surface area contributed by atoms with Crippen LogP contribution in [0.3, 0.4) is 0 Å². The van der Waals surface area contributed by atoms with Gasteiger partial charge in [-0.1, -0.05) is 0 Å². The van der Waals surface area contributed by atoms with Crippen LogP contribution in [0.2, 0.25) is 17.7 Å². The van der Waals surface area contributed by atoms with Gasteiger partial charge in [0, 0.05) is 0 Å². The van der Waals surface area contributed by atoms with Crippen LogP contribution in [-0.4, -0.2) is 37.4 Å². The number of esters is 2. The molecule has 0 saturated carbocycles. The molecule has 0 amide bonds. The molecule has 0 aromatic heterocycles. The maximum atomic E-state index is 13.6. The number of hydrogen-bond donors (Lipinski definition) is 0. The Balaban J connectivity index is 2.46. The van der Waals surface area contributed by atoms with Crippen molar-refractivity contribution in [3.63, 3.8) is 0 Å². The number of hydrogen-bond acceptors (Lipinski definition) is 4. The minimum absolute atomic E-state index is 0.132. The Kier molecular flexibility index (Phi) is 11.5. The van der Waals surface area contributed by atoms with Crippen molar-refractivity contribution in [3.05, 3.63) is 48.0 Å². The van der Waals surface area contributed by atoms with E-state index in [2.05, 4.69) is 27.4 Å². The molecule has 0 N–H and O–H groups in total. The van der Waals surface area contributed by atoms with Gasteiger partial charge in [-0.15, -0.1) is 0 Å². The molecule has 0 spiro atoms. The maximum absolute atomic E-state index is 13.6. The number of carbonyl (C=O) groups is 2. The second-order valence-electron chi connectivity index (χ2n) is 10.0. The van der Waals surface area contributed by atoms with Gasteiger partial charge in [-0.05, 0) is 0 Å². The quantitative estimate of drug-likeness (QED) is 0.125. The van der Waals surface area contributed by atoms with Crippen molar-refractivity contribution in [2.24, 2.45) is 5.41 Å². The third kappa shape index (κ3) is 7.59. The van der Waals surface area contributed by atoms with Gasteiger partial charge in [0.05, 0.1) is 0 Å². The van der Waals surface area contributed by atoms with Crippen molar-refractivity contribution < 1.29 is 19.1 Å². The first-order chi connectivity index (χ1) is 15.8. The first-order valence-electron chi connectivity index (χ1n) is 12.9. The summed E-state index contributed by atoms with van der Waals surface area (Å²) >= 11 is -2.72. The summed E-state index contributed by atoms with van der Waals surface area (Å²) < 4.78 is 15.9. The average molecular weight is 563 g/mol. The van der Waals surface area contributed by atoms with E-state index in [1.807, 2.05) is 30.3 Å². The standard InChI is InChI=1S/C16H17O4.3C4H9.Sn/c1-11(14(17)19-3)9-16(2)10-13(20-15(16)18)12-7-5-4-6-8-12;3*1-3-4-2;/h4-8,13H,1-2,9-10H2,3H3;3*1,3-4H2,2H3;. The van der Waals surface area contributed by atoms with Crippen LogP contribution in [0.4, 0.5) is 0 Å². The zero-order valence-corrected chi connectivity index (χ0v) is 24.1. The molecule has 1 saturated heterocycles. The Bertz CT molecular complexity index is 754. The van der Waals surface area contributed by atoms with Crippen LogP contribution in [0.5, 0.6) is 0 Å². The summed E-state index contributed by atoms with van der Waals surface area (Å²) in [5.41, 5.74) is 0.773. The van der Waals surface area contributed by atoms with Crippen molar-refractivity contribution in [2.45, 2.75) is 96.0 Å². The molecule has 1 aromatic carbocycles. The summed E-state index contributed by atoms with van der Waals surface area (Å²) in [4.78, 5) is 26.0. The summed E-state index contributed by atoms with van der Waals surface area (Å²) in [6, 6.07) is 10.0. The van der Waals surface area contributed by atoms with E-state index < -0.39 is 29.8 Å². The van der Waals surface area contributed by atoms with E-state index in [-0.39, 0.29) is 12.1 Å². The zero-order chi connectivity index (χ0) is 24.3. The number of ether oxygens (including phenoxy) is 2. The molecule has 1 aliphatic rings. The predicted molar refractivity (Wildman–Crippen MR) is 138 cm³/mol. The molecule has 5 heteroatoms. The topological polar surface area (TPSA) is 52.6 Å². The van der Waals surface area contributed by atoms with Gasteiger partial charge in [0.15, 0.2) is 0 Å². The van der Waals surface area contributed by atoms with Gasteiger partial charge >= 0.3 is 206 Å². The monoisotopic (exact) mass is 564 g/mol. The van der Waals surface area contributed by atoms with E-state index >= 15 is 0 Å². The molecule has 4 nitrogen and oxygen atoms in total. The Hall–Kier alpha value is -1.30. The van der Waals surface area contributed by atoms with Crippen LogP contribution in [0.15, 0.2) is 42.5 Å². The molecule has 184 valence electrons. The Morgan fingerprint density at radius 1 is 1.06 bits per heavy atom. The van der Waals surface area contributed by atoms with Crippen molar-refractivity contribution in [3.8, 4) is 0 Å². The summed E-state index contributed by atoms with van der Waals surface area (Å²) in [5, 5.41) is 0. The first kappa shape index (κ1) is 27.9. The molecule has 33 heavy (non-hydrogen) atoms. The molecule has 1 aromatic rings. The Morgan fingerprint density at radius 3 is 2.09 bits per heavy atom. The van der Waals surface area contributed by atoms with E-state index in [9.17, 15) is 9.59 Å². The molecular weight excluding hydrogens is 519 g/mol. The normalized spacial score (nSPS) is 20.5. The fourth-order valence-electron chi connectivity index (χ4n) is 5.58. The molecule has 2 rings (SSSR count). The molecule has 1 heterocycles. The van der Waals surface area contributed by atoms with Crippen molar-refractivity contribution in [2.75, 3.05) is 7.11 Å². The molecule has 2 atom stereocenters. The fourth-order valence-corrected chi connectivity index (χ4v) is 24.0. The molecular formula is C28H44O4Sn. The number of unbranched alkanes of at least 4 members (excludes halogenated alkanes) is 3. The zero-order valence-electron chi connectivity index (χ0n) is 21.3. The second kappa shape index (κ2) is 13.6. The summed E-state index contributed by atoms with van der Waals surface area (Å²) in [7, 11) is 1.38. The second-order valence-corrected chi connectivity index (χ2v) is 23.9. The number of carbonyl (C=O) groups excluding carboxylic acids is 2. The number of methoxy groups -OCH3 is 1. The SMILES string of the molecule is C=C(CC1([CH2][Sn]([CH2]CCC)([CH2]CCC)[CH2]CCC)CC(c2ccccc2)OC1=O)C(=O)OC. The predicted octanol–water partition coefficient (Wildman–Crippen LogP) is 7.63. The van der Waals surface area contributed by atoms with Gasteiger partial charge < -0.3 is 0 Å². The van der Waals surface area contributed by atoms with Crippen molar-refractivity contribution >= 4 is 30.3 Å². The van der Waals surface area contributed by atoms with E-state index in [0.717, 1.165) is 10.0 Å².